The summed E-state index contributed by atoms with van der Waals surface area (Å²) in [6, 6.07) is 18.6. The van der Waals surface area contributed by atoms with Gasteiger partial charge < -0.3 is 23.2 Å². The molecule has 0 radical (unpaired) electrons. The van der Waals surface area contributed by atoms with Crippen LogP contribution in [0.5, 0.6) is 17.2 Å². The highest BCUT2D eigenvalue weighted by atomic mass is 35.5. The van der Waals surface area contributed by atoms with E-state index >= 15 is 0 Å². The van der Waals surface area contributed by atoms with Crippen LogP contribution in [0.1, 0.15) is 47.1 Å². The van der Waals surface area contributed by atoms with Gasteiger partial charge in [-0.25, -0.2) is 5.43 Å². The van der Waals surface area contributed by atoms with E-state index in [1.807, 2.05) is 38.1 Å². The van der Waals surface area contributed by atoms with Gasteiger partial charge in [0, 0.05) is 33.7 Å². The Bertz CT molecular complexity index is 1420. The molecule has 0 saturated carbocycles. The molecule has 4 aromatic rings. The third kappa shape index (κ3) is 6.39. The van der Waals surface area contributed by atoms with Crippen molar-refractivity contribution in [2.45, 2.75) is 40.4 Å². The Kier molecular flexibility index (Phi) is 8.43. The lowest BCUT2D eigenvalue weighted by Crippen LogP contribution is -2.17. The number of furan rings is 1. The van der Waals surface area contributed by atoms with Crippen LogP contribution in [0.3, 0.4) is 0 Å². The summed E-state index contributed by atoms with van der Waals surface area (Å²) in [4.78, 5) is 12.5. The number of carbonyl (C=O) groups is 1. The Labute approximate surface area is 226 Å². The van der Waals surface area contributed by atoms with Crippen molar-refractivity contribution in [1.82, 2.24) is 9.99 Å². The average Bonchev–Trinajstić information content (AvgIpc) is 3.50. The first-order chi connectivity index (χ1) is 18.2. The van der Waals surface area contributed by atoms with E-state index in [9.17, 15) is 4.79 Å². The summed E-state index contributed by atoms with van der Waals surface area (Å²) >= 11 is 6.18. The van der Waals surface area contributed by atoms with Crippen LogP contribution in [0.4, 0.5) is 0 Å². The van der Waals surface area contributed by atoms with E-state index in [0.717, 1.165) is 5.69 Å². The second-order valence-corrected chi connectivity index (χ2v) is 9.33. The Morgan fingerprint density at radius 2 is 1.79 bits per heavy atom. The largest absolute Gasteiger partial charge is 0.493 e. The summed E-state index contributed by atoms with van der Waals surface area (Å²) in [5.74, 6) is 1.76. The van der Waals surface area contributed by atoms with Gasteiger partial charge in [0.2, 0.25) is 0 Å². The first-order valence-electron chi connectivity index (χ1n) is 12.1. The average molecular weight is 536 g/mol. The Balaban J connectivity index is 1.36. The SMILES string of the molecule is COc1cc(Cl)cc(C=NNC(=O)c2ccc(COc3ccc(-n4c(C)ccc4C)cc3)o2)c1OC(C)C. The Hall–Kier alpha value is -4.17. The molecule has 0 aliphatic heterocycles. The molecule has 1 amide bonds. The topological polar surface area (TPSA) is 87.2 Å². The molecule has 38 heavy (non-hydrogen) atoms. The third-order valence-corrected chi connectivity index (χ3v) is 5.84. The lowest BCUT2D eigenvalue weighted by Gasteiger charge is -2.16. The fourth-order valence-corrected chi connectivity index (χ4v) is 4.13. The van der Waals surface area contributed by atoms with Crippen LogP contribution in [-0.4, -0.2) is 29.9 Å². The number of hydrogen-bond acceptors (Lipinski definition) is 6. The van der Waals surface area contributed by atoms with Crippen LogP contribution < -0.4 is 19.6 Å². The normalized spacial score (nSPS) is 11.2. The molecule has 0 saturated heterocycles. The lowest BCUT2D eigenvalue weighted by molar-refractivity contribution is 0.0923. The van der Waals surface area contributed by atoms with Crippen molar-refractivity contribution in [1.29, 1.82) is 0 Å². The molecule has 0 bridgehead atoms. The number of halogens is 1. The number of methoxy groups -OCH3 is 1. The summed E-state index contributed by atoms with van der Waals surface area (Å²) in [6.45, 7) is 8.11. The molecule has 198 valence electrons. The fourth-order valence-electron chi connectivity index (χ4n) is 3.91. The molecule has 1 N–H and O–H groups in total. The highest BCUT2D eigenvalue weighted by Gasteiger charge is 2.15. The van der Waals surface area contributed by atoms with Crippen molar-refractivity contribution in [3.63, 3.8) is 0 Å². The molecule has 0 fully saturated rings. The Morgan fingerprint density at radius 1 is 1.08 bits per heavy atom. The summed E-state index contributed by atoms with van der Waals surface area (Å²) in [7, 11) is 1.53. The van der Waals surface area contributed by atoms with Crippen molar-refractivity contribution in [3.8, 4) is 22.9 Å². The second-order valence-electron chi connectivity index (χ2n) is 8.89. The van der Waals surface area contributed by atoms with Crippen molar-refractivity contribution >= 4 is 23.7 Å². The van der Waals surface area contributed by atoms with Crippen LogP contribution in [0.2, 0.25) is 5.02 Å². The predicted molar refractivity (Wildman–Crippen MR) is 147 cm³/mol. The summed E-state index contributed by atoms with van der Waals surface area (Å²) in [5.41, 5.74) is 6.41. The van der Waals surface area contributed by atoms with Crippen LogP contribution in [0.15, 0.2) is 70.2 Å². The van der Waals surface area contributed by atoms with Gasteiger partial charge in [-0.2, -0.15) is 5.10 Å². The van der Waals surface area contributed by atoms with Crippen molar-refractivity contribution in [2.75, 3.05) is 7.11 Å². The van der Waals surface area contributed by atoms with Crippen molar-refractivity contribution in [3.05, 3.63) is 94.2 Å². The summed E-state index contributed by atoms with van der Waals surface area (Å²) in [6.07, 6.45) is 1.35. The third-order valence-electron chi connectivity index (χ3n) is 5.62. The zero-order chi connectivity index (χ0) is 27.2. The molecule has 4 rings (SSSR count). The van der Waals surface area contributed by atoms with Crippen LogP contribution in [-0.2, 0) is 6.61 Å². The number of nitrogens with one attached hydrogen (secondary N) is 1. The molecular formula is C29H30ClN3O5. The van der Waals surface area contributed by atoms with E-state index < -0.39 is 5.91 Å². The molecule has 0 aliphatic carbocycles. The molecule has 0 aliphatic rings. The van der Waals surface area contributed by atoms with E-state index in [0.29, 0.717) is 33.6 Å². The van der Waals surface area contributed by atoms with Crippen molar-refractivity contribution in [2.24, 2.45) is 5.10 Å². The highest BCUT2D eigenvalue weighted by Crippen LogP contribution is 2.34. The van der Waals surface area contributed by atoms with E-state index in [-0.39, 0.29) is 18.5 Å². The zero-order valence-electron chi connectivity index (χ0n) is 21.9. The van der Waals surface area contributed by atoms with Crippen molar-refractivity contribution < 1.29 is 23.4 Å². The number of hydrazone groups is 1. The zero-order valence-corrected chi connectivity index (χ0v) is 22.7. The van der Waals surface area contributed by atoms with Crippen LogP contribution in [0, 0.1) is 13.8 Å². The number of ether oxygens (including phenoxy) is 3. The number of aryl methyl sites for hydroxylation is 2. The minimum absolute atomic E-state index is 0.0960. The number of rotatable bonds is 10. The molecular weight excluding hydrogens is 506 g/mol. The predicted octanol–water partition coefficient (Wildman–Crippen LogP) is 6.48. The van der Waals surface area contributed by atoms with E-state index in [1.54, 1.807) is 24.3 Å². The van der Waals surface area contributed by atoms with E-state index in [4.69, 9.17) is 30.2 Å². The maximum Gasteiger partial charge on any atom is 0.307 e. The standard InChI is InChI=1S/C29H30ClN3O5/c1-18(2)37-28-21(14-22(30)15-27(28)35-5)16-31-32-29(34)26-13-12-25(38-26)17-36-24-10-8-23(9-11-24)33-19(3)6-7-20(33)4/h6-16,18H,17H2,1-5H3,(H,32,34). The van der Waals surface area contributed by atoms with Gasteiger partial charge >= 0.3 is 5.91 Å². The first kappa shape index (κ1) is 26.9. The molecule has 2 aromatic carbocycles. The number of nitrogens with zero attached hydrogens (tertiary/aromatic N) is 2. The molecule has 9 heteroatoms. The van der Waals surface area contributed by atoms with E-state index in [1.165, 1.54) is 24.7 Å². The number of benzene rings is 2. The van der Waals surface area contributed by atoms with E-state index in [2.05, 4.69) is 41.1 Å². The first-order valence-corrected chi connectivity index (χ1v) is 12.5. The van der Waals surface area contributed by atoms with Gasteiger partial charge in [0.15, 0.2) is 17.3 Å². The monoisotopic (exact) mass is 535 g/mol. The Morgan fingerprint density at radius 3 is 2.45 bits per heavy atom. The summed E-state index contributed by atoms with van der Waals surface area (Å²) < 4.78 is 24.9. The maximum atomic E-state index is 12.5. The molecule has 2 heterocycles. The number of amides is 1. The molecule has 8 nitrogen and oxygen atoms in total. The van der Waals surface area contributed by atoms with Gasteiger partial charge in [0.25, 0.3) is 0 Å². The minimum Gasteiger partial charge on any atom is -0.493 e. The van der Waals surface area contributed by atoms with Gasteiger partial charge in [-0.15, -0.1) is 0 Å². The number of carbonyl (C=O) groups excluding carboxylic acids is 1. The molecule has 2 aromatic heterocycles. The molecule has 0 atom stereocenters. The minimum atomic E-state index is -0.505. The van der Waals surface area contributed by atoms with Gasteiger partial charge in [-0.3, -0.25) is 4.79 Å². The van der Waals surface area contributed by atoms with Gasteiger partial charge in [-0.1, -0.05) is 11.6 Å². The lowest BCUT2D eigenvalue weighted by atomic mass is 10.2. The molecule has 0 unspecified atom stereocenters. The van der Waals surface area contributed by atoms with Crippen LogP contribution in [0.25, 0.3) is 5.69 Å². The number of hydrogen-bond donors (Lipinski definition) is 1. The summed E-state index contributed by atoms with van der Waals surface area (Å²) in [5, 5.41) is 4.48. The molecule has 0 spiro atoms. The highest BCUT2D eigenvalue weighted by molar-refractivity contribution is 6.31. The van der Waals surface area contributed by atoms with Gasteiger partial charge in [-0.05, 0) is 82.3 Å². The fraction of sp³-hybridized carbons (Fsp3) is 0.241. The maximum absolute atomic E-state index is 12.5. The van der Waals surface area contributed by atoms with Crippen LogP contribution >= 0.6 is 11.6 Å². The quantitative estimate of drug-likeness (QED) is 0.185. The number of aromatic nitrogens is 1. The van der Waals surface area contributed by atoms with Gasteiger partial charge in [0.05, 0.1) is 19.4 Å². The van der Waals surface area contributed by atoms with Gasteiger partial charge in [0.1, 0.15) is 18.1 Å². The smallest absolute Gasteiger partial charge is 0.307 e. The second kappa shape index (κ2) is 11.9.